The van der Waals surface area contributed by atoms with E-state index in [9.17, 15) is 15.0 Å². The van der Waals surface area contributed by atoms with Gasteiger partial charge in [0.05, 0.1) is 19.0 Å². The lowest BCUT2D eigenvalue weighted by Gasteiger charge is -2.23. The molecule has 0 unspecified atom stereocenters. The Kier molecular flexibility index (Phi) is 6.54. The first-order chi connectivity index (χ1) is 20.5. The van der Waals surface area contributed by atoms with E-state index < -0.39 is 31.1 Å². The molecule has 0 radical (unpaired) electrons. The molecule has 1 saturated heterocycles. The van der Waals surface area contributed by atoms with Gasteiger partial charge in [-0.25, -0.2) is 15.0 Å². The number of nitrogens with one attached hydrogen (secondary N) is 3. The number of hydrogen-bond donors (Lipinski definition) is 5. The Hall–Kier alpha value is -4.84. The lowest BCUT2D eigenvalue weighted by molar-refractivity contribution is -0.0440. The monoisotopic (exact) mass is 563 g/mol. The van der Waals surface area contributed by atoms with Crippen LogP contribution in [0.25, 0.3) is 32.8 Å². The van der Waals surface area contributed by atoms with Crippen molar-refractivity contribution in [1.29, 1.82) is 0 Å². The molecule has 3 aromatic heterocycles. The van der Waals surface area contributed by atoms with Gasteiger partial charge in [-0.05, 0) is 47.5 Å². The maximum absolute atomic E-state index is 13.3. The normalized spacial score (nSPS) is 21.2. The molecule has 5 N–H and O–H groups in total. The van der Waals surface area contributed by atoms with Gasteiger partial charge in [0.2, 0.25) is 0 Å². The Morgan fingerprint density at radius 2 is 1.93 bits per heavy atom. The van der Waals surface area contributed by atoms with Crippen LogP contribution in [0.5, 0.6) is 0 Å². The third-order valence-electron chi connectivity index (χ3n) is 7.94. The number of anilines is 1. The van der Waals surface area contributed by atoms with Crippen LogP contribution >= 0.6 is 0 Å². The third kappa shape index (κ3) is 4.44. The number of carbonyl (C=O) groups excluding carboxylic acids is 1. The number of nitrogens with zero attached hydrogens (tertiary/aromatic N) is 4. The highest BCUT2D eigenvalue weighted by Gasteiger charge is 2.46. The van der Waals surface area contributed by atoms with Crippen molar-refractivity contribution in [3.8, 4) is 0 Å². The van der Waals surface area contributed by atoms with Crippen molar-refractivity contribution >= 4 is 44.6 Å². The number of aliphatic hydroxyl groups excluding tert-OH is 2. The molecule has 7 rings (SSSR count). The molecule has 0 spiro atoms. The largest absolute Gasteiger partial charge is 0.394 e. The zero-order valence-electron chi connectivity index (χ0n) is 22.7. The van der Waals surface area contributed by atoms with Crippen LogP contribution in [0.1, 0.15) is 35.1 Å². The third-order valence-corrected chi connectivity index (χ3v) is 7.94. The summed E-state index contributed by atoms with van der Waals surface area (Å²) in [5.41, 5.74) is 3.44. The first-order valence-corrected chi connectivity index (χ1v) is 13.8. The Labute approximate surface area is 240 Å². The molecule has 11 heteroatoms. The van der Waals surface area contributed by atoms with Crippen LogP contribution < -0.4 is 10.6 Å². The molecule has 42 heavy (non-hydrogen) atoms. The summed E-state index contributed by atoms with van der Waals surface area (Å²) < 4.78 is 7.70. The number of ether oxygens (including phenoxy) is 1. The Balaban J connectivity index is 1.19. The number of aliphatic hydroxyl groups is 2. The Morgan fingerprint density at radius 1 is 1.07 bits per heavy atom. The zero-order valence-corrected chi connectivity index (χ0v) is 22.7. The summed E-state index contributed by atoms with van der Waals surface area (Å²) in [6.45, 7) is 1.64. The fraction of sp³-hybridized carbons (Fsp3) is 0.226. The number of hydrogen-bond acceptors (Lipinski definition) is 8. The van der Waals surface area contributed by atoms with Crippen LogP contribution in [-0.2, 0) is 4.74 Å². The van der Waals surface area contributed by atoms with Crippen molar-refractivity contribution in [3.63, 3.8) is 0 Å². The number of aromatic nitrogens is 5. The topological polar surface area (TPSA) is 150 Å². The van der Waals surface area contributed by atoms with Gasteiger partial charge in [0.15, 0.2) is 23.2 Å². The Morgan fingerprint density at radius 3 is 2.81 bits per heavy atom. The van der Waals surface area contributed by atoms with E-state index in [2.05, 4.69) is 61.8 Å². The van der Waals surface area contributed by atoms with Gasteiger partial charge < -0.3 is 30.6 Å². The molecule has 6 aromatic rings. The van der Waals surface area contributed by atoms with Gasteiger partial charge >= 0.3 is 0 Å². The smallest absolute Gasteiger partial charge is 0.251 e. The van der Waals surface area contributed by atoms with Crippen molar-refractivity contribution in [2.24, 2.45) is 0 Å². The quantitative estimate of drug-likeness (QED) is 0.197. The molecule has 1 amide bonds. The highest BCUT2D eigenvalue weighted by atomic mass is 16.5. The van der Waals surface area contributed by atoms with E-state index in [0.29, 0.717) is 22.5 Å². The molecule has 3 aromatic carbocycles. The van der Waals surface area contributed by atoms with Crippen LogP contribution in [-0.4, -0.2) is 65.5 Å². The number of amides is 1. The highest BCUT2D eigenvalue weighted by molar-refractivity contribution is 5.98. The maximum atomic E-state index is 13.3. The van der Waals surface area contributed by atoms with Crippen LogP contribution in [0.2, 0.25) is 0 Å². The summed E-state index contributed by atoms with van der Waals surface area (Å²) in [6, 6.07) is 20.6. The molecule has 1 aliphatic rings. The van der Waals surface area contributed by atoms with Gasteiger partial charge in [0.25, 0.3) is 5.91 Å². The number of benzene rings is 3. The predicted molar refractivity (Wildman–Crippen MR) is 158 cm³/mol. The number of carbonyl (C=O) groups is 1. The average Bonchev–Trinajstić information content (AvgIpc) is 3.74. The lowest BCUT2D eigenvalue weighted by Crippen LogP contribution is -2.46. The van der Waals surface area contributed by atoms with Crippen LogP contribution in [0.15, 0.2) is 85.6 Å². The predicted octanol–water partition coefficient (Wildman–Crippen LogP) is 3.68. The summed E-state index contributed by atoms with van der Waals surface area (Å²) in [5.74, 6) is 0.163. The number of imidazole rings is 1. The minimum atomic E-state index is -1.16. The van der Waals surface area contributed by atoms with Gasteiger partial charge in [-0.2, -0.15) is 0 Å². The summed E-state index contributed by atoms with van der Waals surface area (Å²) in [7, 11) is 0. The lowest BCUT2D eigenvalue weighted by atomic mass is 10.00. The molecule has 1 fully saturated rings. The van der Waals surface area contributed by atoms with Gasteiger partial charge in [0, 0.05) is 22.7 Å². The number of rotatable bonds is 7. The average molecular weight is 564 g/mol. The highest BCUT2D eigenvalue weighted by Crippen LogP contribution is 2.34. The number of aromatic amines is 1. The van der Waals surface area contributed by atoms with Crippen molar-refractivity contribution in [2.75, 3.05) is 11.9 Å². The first kappa shape index (κ1) is 26.1. The van der Waals surface area contributed by atoms with Crippen molar-refractivity contribution in [1.82, 2.24) is 29.8 Å². The van der Waals surface area contributed by atoms with Gasteiger partial charge in [-0.1, -0.05) is 42.5 Å². The van der Waals surface area contributed by atoms with E-state index >= 15 is 0 Å². The van der Waals surface area contributed by atoms with Gasteiger partial charge in [-0.15, -0.1) is 0 Å². The van der Waals surface area contributed by atoms with Gasteiger partial charge in [0.1, 0.15) is 24.6 Å². The second kappa shape index (κ2) is 10.5. The molecule has 5 atom stereocenters. The summed E-state index contributed by atoms with van der Waals surface area (Å²) in [4.78, 5) is 29.9. The number of fused-ring (bicyclic) bond motifs is 3. The van der Waals surface area contributed by atoms with Crippen LogP contribution in [0, 0.1) is 0 Å². The standard InChI is InChI=1S/C31H29N7O4/c1-17(21-8-4-6-18-5-2-3-7-22(18)21)36-28-26-29(34-15-33-28)38(16-35-26)31-25(27(40)24(14-39)42-31)37-30(41)20-9-10-23-19(13-20)11-12-32-23/h2-13,15-17,24-25,27,31-32,39-40H,14H2,1H3,(H,37,41)(H,33,34,36)/t17-,24-,25-,27-,31-/m1/s1. The second-order valence-electron chi connectivity index (χ2n) is 10.5. The minimum absolute atomic E-state index is 0.0907. The van der Waals surface area contributed by atoms with E-state index in [1.165, 1.54) is 6.33 Å². The van der Waals surface area contributed by atoms with Crippen molar-refractivity contribution in [3.05, 3.63) is 96.7 Å². The van der Waals surface area contributed by atoms with Crippen molar-refractivity contribution in [2.45, 2.75) is 37.4 Å². The zero-order chi connectivity index (χ0) is 28.8. The summed E-state index contributed by atoms with van der Waals surface area (Å²) in [5, 5.41) is 30.5. The molecule has 4 heterocycles. The molecule has 11 nitrogen and oxygen atoms in total. The molecular weight excluding hydrogens is 534 g/mol. The van der Waals surface area contributed by atoms with Crippen molar-refractivity contribution < 1.29 is 19.7 Å². The minimum Gasteiger partial charge on any atom is -0.394 e. The van der Waals surface area contributed by atoms with Crippen LogP contribution in [0.4, 0.5) is 5.82 Å². The second-order valence-corrected chi connectivity index (χ2v) is 10.5. The number of H-pyrrole nitrogens is 1. The molecule has 0 bridgehead atoms. The summed E-state index contributed by atoms with van der Waals surface area (Å²) in [6.07, 6.45) is 1.85. The molecule has 0 saturated carbocycles. The van der Waals surface area contributed by atoms with Crippen LogP contribution in [0.3, 0.4) is 0 Å². The fourth-order valence-corrected chi connectivity index (χ4v) is 5.77. The van der Waals surface area contributed by atoms with Gasteiger partial charge in [-0.3, -0.25) is 9.36 Å². The maximum Gasteiger partial charge on any atom is 0.251 e. The van der Waals surface area contributed by atoms with E-state index in [4.69, 9.17) is 4.74 Å². The fourth-order valence-electron chi connectivity index (χ4n) is 5.77. The van der Waals surface area contributed by atoms with E-state index in [-0.39, 0.29) is 11.9 Å². The first-order valence-electron chi connectivity index (χ1n) is 13.8. The van der Waals surface area contributed by atoms with E-state index in [0.717, 1.165) is 27.2 Å². The molecular formula is C31H29N7O4. The molecule has 1 aliphatic heterocycles. The summed E-state index contributed by atoms with van der Waals surface area (Å²) >= 11 is 0. The molecule has 212 valence electrons. The van der Waals surface area contributed by atoms with E-state index in [1.807, 2.05) is 30.3 Å². The molecule has 0 aliphatic carbocycles. The Bertz CT molecular complexity index is 1910. The van der Waals surface area contributed by atoms with E-state index in [1.54, 1.807) is 29.2 Å². The SMILES string of the molecule is C[C@@H](Nc1ncnc2c1ncn2[C@@H]1O[C@H](CO)[C@@H](O)[C@H]1NC(=O)c1ccc2[nH]ccc2c1)c1cccc2ccccc12.